The molecule has 0 N–H and O–H groups in total. The van der Waals surface area contributed by atoms with Crippen molar-refractivity contribution >= 4 is 6.21 Å². The summed E-state index contributed by atoms with van der Waals surface area (Å²) in [5.74, 6) is 0.547. The molecule has 0 spiro atoms. The molecule has 0 atom stereocenters. The first-order valence-electron chi connectivity index (χ1n) is 5.06. The van der Waals surface area contributed by atoms with E-state index in [-0.39, 0.29) is 0 Å². The molecule has 1 radical (unpaired) electrons. The van der Waals surface area contributed by atoms with Gasteiger partial charge in [0.25, 0.3) is 0 Å². The molecule has 1 fully saturated rings. The van der Waals surface area contributed by atoms with E-state index in [2.05, 4.69) is 11.4 Å². The highest BCUT2D eigenvalue weighted by Crippen LogP contribution is 2.24. The maximum atomic E-state index is 5.14. The van der Waals surface area contributed by atoms with Gasteiger partial charge in [0.1, 0.15) is 12.8 Å². The first-order chi connectivity index (χ1) is 6.95. The van der Waals surface area contributed by atoms with Gasteiger partial charge in [-0.05, 0) is 18.4 Å². The zero-order valence-corrected chi connectivity index (χ0v) is 8.15. The highest BCUT2D eigenvalue weighted by Gasteiger charge is 2.15. The summed E-state index contributed by atoms with van der Waals surface area (Å²) < 4.78 is 0. The van der Waals surface area contributed by atoms with Crippen molar-refractivity contribution in [2.45, 2.75) is 25.9 Å². The van der Waals surface area contributed by atoms with Crippen LogP contribution in [0.15, 0.2) is 35.5 Å². The van der Waals surface area contributed by atoms with Crippen LogP contribution in [-0.2, 0) is 11.4 Å². The molecule has 0 aromatic heterocycles. The predicted molar refractivity (Wildman–Crippen MR) is 56.0 cm³/mol. The van der Waals surface area contributed by atoms with Gasteiger partial charge < -0.3 is 4.84 Å². The molecule has 0 aliphatic heterocycles. The van der Waals surface area contributed by atoms with E-state index in [0.717, 1.165) is 5.56 Å². The van der Waals surface area contributed by atoms with E-state index in [1.807, 2.05) is 30.3 Å². The smallest absolute Gasteiger partial charge is 0.142 e. The average molecular weight is 188 g/mol. The van der Waals surface area contributed by atoms with Crippen molar-refractivity contribution in [3.05, 3.63) is 35.9 Å². The van der Waals surface area contributed by atoms with Crippen LogP contribution >= 0.6 is 0 Å². The number of rotatable bonds is 4. The van der Waals surface area contributed by atoms with E-state index >= 15 is 0 Å². The molecule has 0 saturated heterocycles. The minimum Gasteiger partial charge on any atom is -0.391 e. The van der Waals surface area contributed by atoms with Crippen molar-refractivity contribution in [3.8, 4) is 0 Å². The molecule has 2 nitrogen and oxygen atoms in total. The van der Waals surface area contributed by atoms with Crippen molar-refractivity contribution < 1.29 is 4.84 Å². The third-order valence-electron chi connectivity index (χ3n) is 2.48. The van der Waals surface area contributed by atoms with Crippen LogP contribution in [0.3, 0.4) is 0 Å². The van der Waals surface area contributed by atoms with Crippen molar-refractivity contribution in [1.82, 2.24) is 0 Å². The number of hydrogen-bond donors (Lipinski definition) is 0. The molecule has 0 amide bonds. The molecule has 1 aromatic rings. The molecule has 0 bridgehead atoms. The van der Waals surface area contributed by atoms with Crippen LogP contribution in [0.1, 0.15) is 24.8 Å². The SMILES string of the molecule is [C](=N/OCc1ccccc1)/C1CCC1. The summed E-state index contributed by atoms with van der Waals surface area (Å²) in [4.78, 5) is 5.14. The summed E-state index contributed by atoms with van der Waals surface area (Å²) in [7, 11) is 0. The second-order valence-electron chi connectivity index (χ2n) is 3.61. The summed E-state index contributed by atoms with van der Waals surface area (Å²) in [5.41, 5.74) is 1.15. The lowest BCUT2D eigenvalue weighted by atomic mass is 9.87. The van der Waals surface area contributed by atoms with Gasteiger partial charge >= 0.3 is 0 Å². The molecule has 1 aliphatic carbocycles. The zero-order valence-electron chi connectivity index (χ0n) is 8.15. The summed E-state index contributed by atoms with van der Waals surface area (Å²) in [6, 6.07) is 10.0. The molecule has 1 aliphatic rings. The Kier molecular flexibility index (Phi) is 3.17. The average Bonchev–Trinajstić information content (AvgIpc) is 2.16. The minimum absolute atomic E-state index is 0.542. The van der Waals surface area contributed by atoms with Gasteiger partial charge in [-0.1, -0.05) is 41.9 Å². The van der Waals surface area contributed by atoms with Gasteiger partial charge in [-0.15, -0.1) is 0 Å². The zero-order chi connectivity index (χ0) is 9.64. The highest BCUT2D eigenvalue weighted by molar-refractivity contribution is 5.60. The second-order valence-corrected chi connectivity index (χ2v) is 3.61. The first kappa shape index (κ1) is 9.25. The Labute approximate surface area is 84.6 Å². The fourth-order valence-corrected chi connectivity index (χ4v) is 1.33. The number of hydrogen-bond acceptors (Lipinski definition) is 2. The lowest BCUT2D eigenvalue weighted by Crippen LogP contribution is -2.11. The number of benzene rings is 1. The van der Waals surface area contributed by atoms with Crippen LogP contribution in [0.4, 0.5) is 0 Å². The van der Waals surface area contributed by atoms with Gasteiger partial charge in [-0.2, -0.15) is 0 Å². The molecule has 2 rings (SSSR count). The molecule has 73 valence electrons. The molecule has 0 heterocycles. The van der Waals surface area contributed by atoms with Gasteiger partial charge in [0.05, 0.1) is 0 Å². The standard InChI is InChI=1S/C12H14NO/c1-2-5-12(6-3-1)10-14-13-9-11-7-4-8-11/h1-3,5-6,11H,4,7-8,10H2. The lowest BCUT2D eigenvalue weighted by molar-refractivity contribution is 0.129. The molecule has 0 unspecified atom stereocenters. The molecule has 1 saturated carbocycles. The largest absolute Gasteiger partial charge is 0.391 e. The maximum absolute atomic E-state index is 5.14. The van der Waals surface area contributed by atoms with Crippen LogP contribution in [0.2, 0.25) is 0 Å². The first-order valence-corrected chi connectivity index (χ1v) is 5.06. The molecular weight excluding hydrogens is 174 g/mol. The van der Waals surface area contributed by atoms with Gasteiger partial charge in [0, 0.05) is 5.92 Å². The Morgan fingerprint density at radius 2 is 2.07 bits per heavy atom. The summed E-state index contributed by atoms with van der Waals surface area (Å²) in [6.07, 6.45) is 6.74. The van der Waals surface area contributed by atoms with E-state index in [1.54, 1.807) is 0 Å². The van der Waals surface area contributed by atoms with Crippen molar-refractivity contribution in [2.75, 3.05) is 0 Å². The van der Waals surface area contributed by atoms with E-state index in [1.165, 1.54) is 19.3 Å². The predicted octanol–water partition coefficient (Wildman–Crippen LogP) is 2.87. The quantitative estimate of drug-likeness (QED) is 0.526. The van der Waals surface area contributed by atoms with E-state index in [4.69, 9.17) is 4.84 Å². The molecule has 1 aromatic carbocycles. The maximum Gasteiger partial charge on any atom is 0.142 e. The monoisotopic (exact) mass is 188 g/mol. The van der Waals surface area contributed by atoms with Crippen LogP contribution < -0.4 is 0 Å². The van der Waals surface area contributed by atoms with Crippen LogP contribution in [-0.4, -0.2) is 6.21 Å². The van der Waals surface area contributed by atoms with Crippen LogP contribution in [0.25, 0.3) is 0 Å². The van der Waals surface area contributed by atoms with E-state index in [0.29, 0.717) is 12.5 Å². The Bertz CT molecular complexity index is 290. The third kappa shape index (κ3) is 2.59. The summed E-state index contributed by atoms with van der Waals surface area (Å²) >= 11 is 0. The van der Waals surface area contributed by atoms with E-state index < -0.39 is 0 Å². The summed E-state index contributed by atoms with van der Waals surface area (Å²) in [6.45, 7) is 0.542. The fraction of sp³-hybridized carbons (Fsp3) is 0.417. The Balaban J connectivity index is 1.69. The molecular formula is C12H14NO. The van der Waals surface area contributed by atoms with Crippen molar-refractivity contribution in [2.24, 2.45) is 11.1 Å². The highest BCUT2D eigenvalue weighted by atomic mass is 16.6. The van der Waals surface area contributed by atoms with Gasteiger partial charge in [-0.25, -0.2) is 0 Å². The molecule has 14 heavy (non-hydrogen) atoms. The van der Waals surface area contributed by atoms with Crippen LogP contribution in [0.5, 0.6) is 0 Å². The van der Waals surface area contributed by atoms with Gasteiger partial charge in [0.15, 0.2) is 0 Å². The molecule has 2 heteroatoms. The van der Waals surface area contributed by atoms with Crippen LogP contribution in [0, 0.1) is 5.92 Å². The Morgan fingerprint density at radius 3 is 2.71 bits per heavy atom. The normalized spacial score (nSPS) is 16.9. The number of nitrogens with zero attached hydrogens (tertiary/aromatic N) is 1. The minimum atomic E-state index is 0.542. The second kappa shape index (κ2) is 4.80. The topological polar surface area (TPSA) is 21.6 Å². The van der Waals surface area contributed by atoms with Crippen molar-refractivity contribution in [1.29, 1.82) is 0 Å². The Hall–Kier alpha value is -1.31. The van der Waals surface area contributed by atoms with Gasteiger partial charge in [0.2, 0.25) is 0 Å². The summed E-state index contributed by atoms with van der Waals surface area (Å²) in [5, 5.41) is 3.84. The Morgan fingerprint density at radius 1 is 1.29 bits per heavy atom. The van der Waals surface area contributed by atoms with Gasteiger partial charge in [-0.3, -0.25) is 0 Å². The van der Waals surface area contributed by atoms with E-state index in [9.17, 15) is 0 Å². The van der Waals surface area contributed by atoms with Crippen molar-refractivity contribution in [3.63, 3.8) is 0 Å². The fourth-order valence-electron chi connectivity index (χ4n) is 1.33. The third-order valence-corrected chi connectivity index (χ3v) is 2.48. The lowest BCUT2D eigenvalue weighted by Gasteiger charge is -2.18.